The summed E-state index contributed by atoms with van der Waals surface area (Å²) >= 11 is 5.98. The highest BCUT2D eigenvalue weighted by Crippen LogP contribution is 2.69. The summed E-state index contributed by atoms with van der Waals surface area (Å²) in [5.74, 6) is 4.78. The van der Waals surface area contributed by atoms with Crippen molar-refractivity contribution in [2.24, 2.45) is 29.6 Å². The maximum atomic E-state index is 13.0. The van der Waals surface area contributed by atoms with Crippen molar-refractivity contribution in [3.63, 3.8) is 0 Å². The third-order valence-electron chi connectivity index (χ3n) is 6.64. The van der Waals surface area contributed by atoms with Crippen LogP contribution in [0.25, 0.3) is 0 Å². The zero-order chi connectivity index (χ0) is 13.7. The first kappa shape index (κ1) is 13.4. The average molecular weight is 296 g/mol. The van der Waals surface area contributed by atoms with Crippen molar-refractivity contribution in [3.8, 4) is 0 Å². The van der Waals surface area contributed by atoms with E-state index in [9.17, 15) is 4.79 Å². The van der Waals surface area contributed by atoms with Crippen LogP contribution in [-0.2, 0) is 4.79 Å². The fraction of sp³-hybridized carbons (Fsp3) is 0.941. The zero-order valence-electron chi connectivity index (χ0n) is 12.3. The highest BCUT2D eigenvalue weighted by Gasteiger charge is 2.68. The van der Waals surface area contributed by atoms with E-state index in [2.05, 4.69) is 4.90 Å². The van der Waals surface area contributed by atoms with Gasteiger partial charge in [-0.15, -0.1) is 11.6 Å². The second-order valence-corrected chi connectivity index (χ2v) is 7.90. The van der Waals surface area contributed by atoms with E-state index in [1.807, 2.05) is 0 Å². The minimum atomic E-state index is 0.395. The summed E-state index contributed by atoms with van der Waals surface area (Å²) in [5.41, 5.74) is 0. The molecule has 2 bridgehead atoms. The van der Waals surface area contributed by atoms with Gasteiger partial charge >= 0.3 is 0 Å². The van der Waals surface area contributed by atoms with Gasteiger partial charge in [0, 0.05) is 24.4 Å². The van der Waals surface area contributed by atoms with E-state index in [1.54, 1.807) is 0 Å². The first-order valence-corrected chi connectivity index (χ1v) is 9.21. The molecule has 112 valence electrons. The summed E-state index contributed by atoms with van der Waals surface area (Å²) in [7, 11) is 0. The molecule has 0 heterocycles. The smallest absolute Gasteiger partial charge is 0.226 e. The Bertz CT molecular complexity index is 376. The number of rotatable bonds is 4. The minimum Gasteiger partial charge on any atom is -0.338 e. The molecule has 0 aromatic heterocycles. The first-order chi connectivity index (χ1) is 9.81. The second-order valence-electron chi connectivity index (χ2n) is 7.53. The Kier molecular flexibility index (Phi) is 3.48. The van der Waals surface area contributed by atoms with Crippen LogP contribution in [0.1, 0.15) is 51.4 Å². The number of halogens is 1. The molecule has 4 atom stereocenters. The SMILES string of the molecule is O=C(C1C2C3CCC(C3)C12)N(CCCl)C1CCCCC1. The maximum absolute atomic E-state index is 13.0. The van der Waals surface area contributed by atoms with Crippen molar-refractivity contribution in [2.45, 2.75) is 57.4 Å². The van der Waals surface area contributed by atoms with Crippen molar-refractivity contribution >= 4 is 17.5 Å². The lowest BCUT2D eigenvalue weighted by atomic mass is 9.93. The van der Waals surface area contributed by atoms with Crippen LogP contribution < -0.4 is 0 Å². The molecule has 0 saturated heterocycles. The molecule has 4 aliphatic rings. The number of hydrogen-bond acceptors (Lipinski definition) is 1. The quantitative estimate of drug-likeness (QED) is 0.725. The molecule has 3 heteroatoms. The molecular formula is C17H26ClNO. The molecule has 4 saturated carbocycles. The van der Waals surface area contributed by atoms with E-state index in [0.29, 0.717) is 23.7 Å². The van der Waals surface area contributed by atoms with E-state index in [1.165, 1.54) is 51.4 Å². The molecule has 0 spiro atoms. The molecule has 4 unspecified atom stereocenters. The third kappa shape index (κ3) is 2.01. The minimum absolute atomic E-state index is 0.395. The van der Waals surface area contributed by atoms with Crippen molar-refractivity contribution < 1.29 is 4.79 Å². The Morgan fingerprint density at radius 3 is 2.25 bits per heavy atom. The number of fused-ring (bicyclic) bond motifs is 5. The number of carbonyl (C=O) groups is 1. The van der Waals surface area contributed by atoms with Crippen molar-refractivity contribution in [1.82, 2.24) is 4.90 Å². The predicted molar refractivity (Wildman–Crippen MR) is 80.6 cm³/mol. The Balaban J connectivity index is 1.45. The number of hydrogen-bond donors (Lipinski definition) is 0. The van der Waals surface area contributed by atoms with Gasteiger partial charge in [-0.25, -0.2) is 0 Å². The molecule has 4 aliphatic carbocycles. The van der Waals surface area contributed by atoms with Crippen LogP contribution in [0.5, 0.6) is 0 Å². The van der Waals surface area contributed by atoms with E-state index < -0.39 is 0 Å². The van der Waals surface area contributed by atoms with Crippen LogP contribution in [0.3, 0.4) is 0 Å². The van der Waals surface area contributed by atoms with Crippen LogP contribution in [0.2, 0.25) is 0 Å². The van der Waals surface area contributed by atoms with Gasteiger partial charge in [0.05, 0.1) is 0 Å². The normalized spacial score (nSPS) is 42.5. The van der Waals surface area contributed by atoms with Gasteiger partial charge < -0.3 is 4.90 Å². The molecule has 0 aromatic carbocycles. The Morgan fingerprint density at radius 2 is 1.65 bits per heavy atom. The topological polar surface area (TPSA) is 20.3 Å². The summed E-state index contributed by atoms with van der Waals surface area (Å²) in [6.07, 6.45) is 10.6. The van der Waals surface area contributed by atoms with Gasteiger partial charge in [0.1, 0.15) is 0 Å². The zero-order valence-corrected chi connectivity index (χ0v) is 13.0. The highest BCUT2D eigenvalue weighted by molar-refractivity contribution is 6.18. The lowest BCUT2D eigenvalue weighted by Gasteiger charge is -2.34. The molecule has 20 heavy (non-hydrogen) atoms. The fourth-order valence-electron chi connectivity index (χ4n) is 5.80. The Labute approximate surface area is 127 Å². The third-order valence-corrected chi connectivity index (χ3v) is 6.81. The summed E-state index contributed by atoms with van der Waals surface area (Å²) in [6, 6.07) is 0.494. The first-order valence-electron chi connectivity index (χ1n) is 8.67. The summed E-state index contributed by atoms with van der Waals surface area (Å²) in [6.45, 7) is 0.774. The molecule has 4 rings (SSSR count). The molecular weight excluding hydrogens is 270 g/mol. The molecule has 0 aliphatic heterocycles. The molecule has 0 N–H and O–H groups in total. The highest BCUT2D eigenvalue weighted by atomic mass is 35.5. The lowest BCUT2D eigenvalue weighted by molar-refractivity contribution is -0.136. The fourth-order valence-corrected chi connectivity index (χ4v) is 5.99. The van der Waals surface area contributed by atoms with Gasteiger partial charge in [-0.3, -0.25) is 4.79 Å². The van der Waals surface area contributed by atoms with E-state index >= 15 is 0 Å². The van der Waals surface area contributed by atoms with Gasteiger partial charge in [-0.2, -0.15) is 0 Å². The van der Waals surface area contributed by atoms with Crippen LogP contribution in [0.15, 0.2) is 0 Å². The Morgan fingerprint density at radius 1 is 1.00 bits per heavy atom. The number of nitrogens with zero attached hydrogens (tertiary/aromatic N) is 1. The summed E-state index contributed by atoms with van der Waals surface area (Å²) < 4.78 is 0. The standard InChI is InChI=1S/C17H26ClNO/c18-8-9-19(13-4-2-1-3-5-13)17(20)16-14-11-6-7-12(10-11)15(14)16/h11-16H,1-10H2. The Hall–Kier alpha value is -0.240. The van der Waals surface area contributed by atoms with Gasteiger partial charge in [0.15, 0.2) is 0 Å². The maximum Gasteiger partial charge on any atom is 0.226 e. The van der Waals surface area contributed by atoms with Gasteiger partial charge in [0.2, 0.25) is 5.91 Å². The van der Waals surface area contributed by atoms with Crippen molar-refractivity contribution in [1.29, 1.82) is 0 Å². The second kappa shape index (κ2) is 5.19. The van der Waals surface area contributed by atoms with Crippen LogP contribution in [0, 0.1) is 29.6 Å². The van der Waals surface area contributed by atoms with E-state index in [0.717, 1.165) is 30.2 Å². The summed E-state index contributed by atoms with van der Waals surface area (Å²) in [5, 5.41) is 0. The van der Waals surface area contributed by atoms with Gasteiger partial charge in [-0.05, 0) is 55.8 Å². The lowest BCUT2D eigenvalue weighted by Crippen LogP contribution is -2.44. The largest absolute Gasteiger partial charge is 0.338 e. The van der Waals surface area contributed by atoms with Crippen molar-refractivity contribution in [2.75, 3.05) is 12.4 Å². The van der Waals surface area contributed by atoms with Crippen LogP contribution in [0.4, 0.5) is 0 Å². The van der Waals surface area contributed by atoms with Gasteiger partial charge in [0.25, 0.3) is 0 Å². The predicted octanol–water partition coefficient (Wildman–Crippen LogP) is 3.68. The molecule has 4 fully saturated rings. The molecule has 2 nitrogen and oxygen atoms in total. The van der Waals surface area contributed by atoms with Gasteiger partial charge in [-0.1, -0.05) is 19.3 Å². The number of amides is 1. The van der Waals surface area contributed by atoms with E-state index in [4.69, 9.17) is 11.6 Å². The summed E-state index contributed by atoms with van der Waals surface area (Å²) in [4.78, 5) is 15.2. The monoisotopic (exact) mass is 295 g/mol. The molecule has 0 radical (unpaired) electrons. The molecule has 0 aromatic rings. The number of alkyl halides is 1. The van der Waals surface area contributed by atoms with E-state index in [-0.39, 0.29) is 0 Å². The molecule has 1 amide bonds. The van der Waals surface area contributed by atoms with Crippen molar-refractivity contribution in [3.05, 3.63) is 0 Å². The van der Waals surface area contributed by atoms with Crippen LogP contribution in [-0.4, -0.2) is 29.3 Å². The average Bonchev–Trinajstić information content (AvgIpc) is 2.92. The van der Waals surface area contributed by atoms with Crippen LogP contribution >= 0.6 is 11.6 Å². The number of carbonyl (C=O) groups excluding carboxylic acids is 1.